The molecular weight excluding hydrogens is 260 g/mol. The second-order valence-corrected chi connectivity index (χ2v) is 5.74. The summed E-state index contributed by atoms with van der Waals surface area (Å²) in [6.07, 6.45) is 2.48. The Morgan fingerprint density at radius 3 is 3.00 bits per heavy atom. The third kappa shape index (κ3) is 2.75. The van der Waals surface area contributed by atoms with Gasteiger partial charge in [-0.1, -0.05) is 6.07 Å². The number of aromatic carboxylic acids is 1. The molecule has 1 atom stereocenters. The van der Waals surface area contributed by atoms with Crippen LogP contribution in [0.5, 0.6) is 0 Å². The lowest BCUT2D eigenvalue weighted by molar-refractivity contribution is 0.0695. The number of carbonyl (C=O) groups is 1. The van der Waals surface area contributed by atoms with E-state index in [1.54, 1.807) is 12.1 Å². The molecule has 0 saturated heterocycles. The van der Waals surface area contributed by atoms with Gasteiger partial charge >= 0.3 is 5.97 Å². The van der Waals surface area contributed by atoms with E-state index in [1.165, 1.54) is 23.9 Å². The van der Waals surface area contributed by atoms with Crippen molar-refractivity contribution in [3.63, 3.8) is 0 Å². The zero-order chi connectivity index (χ0) is 12.3. The van der Waals surface area contributed by atoms with Gasteiger partial charge in [0.25, 0.3) is 0 Å². The van der Waals surface area contributed by atoms with Crippen molar-refractivity contribution in [1.29, 1.82) is 0 Å². The fourth-order valence-electron chi connectivity index (χ4n) is 1.24. The smallest absolute Gasteiger partial charge is 0.339 e. The highest BCUT2D eigenvalue weighted by atomic mass is 32.2. The monoisotopic (exact) mass is 268 g/mol. The Balaban J connectivity index is 2.25. The minimum absolute atomic E-state index is 0.00240. The Morgan fingerprint density at radius 1 is 1.53 bits per heavy atom. The van der Waals surface area contributed by atoms with Crippen LogP contribution in [0.2, 0.25) is 0 Å². The van der Waals surface area contributed by atoms with Crippen LogP contribution in [0.25, 0.3) is 0 Å². The minimum atomic E-state index is -1.27. The minimum Gasteiger partial charge on any atom is -0.478 e. The summed E-state index contributed by atoms with van der Waals surface area (Å²) >= 11 is 1.37. The highest BCUT2D eigenvalue weighted by Crippen LogP contribution is 2.17. The molecule has 7 heteroatoms. The molecule has 2 heterocycles. The molecule has 0 spiro atoms. The number of hydrogen-bond acceptors (Lipinski definition) is 5. The molecule has 5 nitrogen and oxygen atoms in total. The molecule has 88 valence electrons. The second-order valence-electron chi connectivity index (χ2n) is 3.11. The maximum atomic E-state index is 11.9. The van der Waals surface area contributed by atoms with Gasteiger partial charge in [0, 0.05) is 6.20 Å². The number of hydrogen-bond donors (Lipinski definition) is 1. The van der Waals surface area contributed by atoms with Gasteiger partial charge in [0.1, 0.15) is 11.9 Å². The van der Waals surface area contributed by atoms with Crippen molar-refractivity contribution in [2.45, 2.75) is 9.96 Å². The largest absolute Gasteiger partial charge is 0.478 e. The van der Waals surface area contributed by atoms with Crippen LogP contribution in [0.4, 0.5) is 0 Å². The lowest BCUT2D eigenvalue weighted by Gasteiger charge is -2.02. The van der Waals surface area contributed by atoms with E-state index in [-0.39, 0.29) is 11.3 Å². The molecule has 0 radical (unpaired) electrons. The number of aromatic nitrogens is 2. The maximum Gasteiger partial charge on any atom is 0.339 e. The molecule has 2 rings (SSSR count). The molecule has 0 fully saturated rings. The second kappa shape index (κ2) is 5.15. The molecule has 0 saturated carbocycles. The zero-order valence-electron chi connectivity index (χ0n) is 8.57. The van der Waals surface area contributed by atoms with Crippen LogP contribution in [-0.2, 0) is 16.6 Å². The van der Waals surface area contributed by atoms with Crippen molar-refractivity contribution in [2.75, 3.05) is 0 Å². The summed E-state index contributed by atoms with van der Waals surface area (Å²) in [6.45, 7) is 0. The van der Waals surface area contributed by atoms with Gasteiger partial charge in [0.2, 0.25) is 0 Å². The number of carboxylic acids is 1. The average Bonchev–Trinajstić information content (AvgIpc) is 2.83. The zero-order valence-corrected chi connectivity index (χ0v) is 10.2. The van der Waals surface area contributed by atoms with Crippen LogP contribution in [-0.4, -0.2) is 25.3 Å². The van der Waals surface area contributed by atoms with Crippen LogP contribution >= 0.6 is 11.3 Å². The summed E-state index contributed by atoms with van der Waals surface area (Å²) in [5.74, 6) is -1.02. The predicted octanol–water partition coefficient (Wildman–Crippen LogP) is 1.54. The van der Waals surface area contributed by atoms with E-state index < -0.39 is 16.8 Å². The van der Waals surface area contributed by atoms with Crippen molar-refractivity contribution >= 4 is 28.1 Å². The summed E-state index contributed by atoms with van der Waals surface area (Å²) in [6, 6.07) is 3.55. The Hall–Kier alpha value is -1.60. The topological polar surface area (TPSA) is 80.2 Å². The molecule has 0 amide bonds. The fourth-order valence-corrected chi connectivity index (χ4v) is 3.31. The normalized spacial score (nSPS) is 12.2. The summed E-state index contributed by atoms with van der Waals surface area (Å²) in [5, 5.41) is 10.8. The van der Waals surface area contributed by atoms with E-state index in [4.69, 9.17) is 5.11 Å². The number of rotatable bonds is 4. The molecular formula is C10H8N2O3S2. The van der Waals surface area contributed by atoms with Crippen LogP contribution in [0, 0.1) is 0 Å². The highest BCUT2D eigenvalue weighted by Gasteiger charge is 2.15. The van der Waals surface area contributed by atoms with Gasteiger partial charge in [-0.3, -0.25) is 4.21 Å². The standard InChI is InChI=1S/C10H8N2O3S2/c13-10(14)7-4-11-6-12-8(7)5-17(15)9-2-1-3-16-9/h1-4,6H,5H2,(H,13,14). The third-order valence-electron chi connectivity index (χ3n) is 2.01. The van der Waals surface area contributed by atoms with Crippen LogP contribution < -0.4 is 0 Å². The van der Waals surface area contributed by atoms with Crippen molar-refractivity contribution in [2.24, 2.45) is 0 Å². The first-order chi connectivity index (χ1) is 8.18. The number of carboxylic acid groups (broad SMARTS) is 1. The molecule has 2 aromatic heterocycles. The first-order valence-electron chi connectivity index (χ1n) is 4.62. The number of nitrogens with zero attached hydrogens (tertiary/aromatic N) is 2. The van der Waals surface area contributed by atoms with Gasteiger partial charge in [-0.25, -0.2) is 14.8 Å². The van der Waals surface area contributed by atoms with Gasteiger partial charge in [0.05, 0.1) is 26.5 Å². The number of thiophene rings is 1. The molecule has 0 aliphatic heterocycles. The Kier molecular flexibility index (Phi) is 3.60. The van der Waals surface area contributed by atoms with Crippen molar-refractivity contribution in [3.8, 4) is 0 Å². The van der Waals surface area contributed by atoms with Crippen LogP contribution in [0.1, 0.15) is 16.1 Å². The van der Waals surface area contributed by atoms with Crippen molar-refractivity contribution < 1.29 is 14.1 Å². The van der Waals surface area contributed by atoms with Gasteiger partial charge in [-0.15, -0.1) is 11.3 Å². The quantitative estimate of drug-likeness (QED) is 0.909. The lowest BCUT2D eigenvalue weighted by Crippen LogP contribution is -2.07. The maximum absolute atomic E-state index is 11.9. The molecule has 0 bridgehead atoms. The van der Waals surface area contributed by atoms with Gasteiger partial charge < -0.3 is 5.11 Å². The SMILES string of the molecule is O=C(O)c1cncnc1CS(=O)c1cccs1. The average molecular weight is 268 g/mol. The van der Waals surface area contributed by atoms with E-state index >= 15 is 0 Å². The molecule has 0 aliphatic carbocycles. The summed E-state index contributed by atoms with van der Waals surface area (Å²) < 4.78 is 12.6. The Morgan fingerprint density at radius 2 is 2.35 bits per heavy atom. The van der Waals surface area contributed by atoms with E-state index in [0.717, 1.165) is 0 Å². The van der Waals surface area contributed by atoms with E-state index in [0.29, 0.717) is 9.90 Å². The van der Waals surface area contributed by atoms with Gasteiger partial charge in [0.15, 0.2) is 0 Å². The van der Waals surface area contributed by atoms with Gasteiger partial charge in [-0.05, 0) is 11.4 Å². The summed E-state index contributed by atoms with van der Waals surface area (Å²) in [4.78, 5) is 18.4. The molecule has 2 aromatic rings. The first kappa shape index (κ1) is 11.9. The molecule has 17 heavy (non-hydrogen) atoms. The van der Waals surface area contributed by atoms with E-state index in [9.17, 15) is 9.00 Å². The van der Waals surface area contributed by atoms with Crippen molar-refractivity contribution in [3.05, 3.63) is 41.3 Å². The Labute approximate surface area is 104 Å². The van der Waals surface area contributed by atoms with Gasteiger partial charge in [-0.2, -0.15) is 0 Å². The molecule has 1 N–H and O–H groups in total. The third-order valence-corrected chi connectivity index (χ3v) is 4.64. The lowest BCUT2D eigenvalue weighted by atomic mass is 10.2. The van der Waals surface area contributed by atoms with Crippen molar-refractivity contribution in [1.82, 2.24) is 9.97 Å². The van der Waals surface area contributed by atoms with Crippen LogP contribution in [0.15, 0.2) is 34.2 Å². The van der Waals surface area contributed by atoms with E-state index in [2.05, 4.69) is 9.97 Å². The first-order valence-corrected chi connectivity index (χ1v) is 6.82. The molecule has 1 unspecified atom stereocenters. The molecule has 0 aliphatic rings. The Bertz CT molecular complexity index is 554. The highest BCUT2D eigenvalue weighted by molar-refractivity contribution is 7.86. The van der Waals surface area contributed by atoms with Crippen LogP contribution in [0.3, 0.4) is 0 Å². The molecule has 0 aromatic carbocycles. The predicted molar refractivity (Wildman–Crippen MR) is 63.4 cm³/mol. The van der Waals surface area contributed by atoms with E-state index in [1.807, 2.05) is 5.38 Å². The fraction of sp³-hybridized carbons (Fsp3) is 0.100. The summed E-state index contributed by atoms with van der Waals surface area (Å²) in [5.41, 5.74) is 0.289. The summed E-state index contributed by atoms with van der Waals surface area (Å²) in [7, 11) is -1.27.